The zero-order valence-corrected chi connectivity index (χ0v) is 17.2. The van der Waals surface area contributed by atoms with Gasteiger partial charge in [0.25, 0.3) is 10.0 Å². The molecule has 0 atom stereocenters. The molecule has 1 N–H and O–H groups in total. The third kappa shape index (κ3) is 4.75. The number of thiophene rings is 1. The molecule has 0 bridgehead atoms. The molecule has 0 spiro atoms. The van der Waals surface area contributed by atoms with E-state index in [9.17, 15) is 17.6 Å². The van der Waals surface area contributed by atoms with E-state index in [0.29, 0.717) is 18.0 Å². The molecule has 6 nitrogen and oxygen atoms in total. The maximum Gasteiger partial charge on any atom is 0.274 e. The first-order chi connectivity index (χ1) is 13.9. The second kappa shape index (κ2) is 9.06. The number of benzene rings is 2. The number of nitrogens with one attached hydrogen (secondary N) is 1. The lowest BCUT2D eigenvalue weighted by molar-refractivity contribution is -0.114. The lowest BCUT2D eigenvalue weighted by Crippen LogP contribution is -2.38. The van der Waals surface area contributed by atoms with Crippen molar-refractivity contribution in [2.24, 2.45) is 0 Å². The van der Waals surface area contributed by atoms with Gasteiger partial charge in [0.15, 0.2) is 0 Å². The molecule has 0 unspecified atom stereocenters. The highest BCUT2D eigenvalue weighted by atomic mass is 32.2. The van der Waals surface area contributed by atoms with Crippen molar-refractivity contribution in [3.8, 4) is 5.75 Å². The fourth-order valence-electron chi connectivity index (χ4n) is 2.64. The van der Waals surface area contributed by atoms with Gasteiger partial charge in [-0.15, -0.1) is 11.3 Å². The lowest BCUT2D eigenvalue weighted by atomic mass is 10.3. The number of rotatable bonds is 8. The van der Waals surface area contributed by atoms with E-state index < -0.39 is 28.3 Å². The molecule has 3 aromatic rings. The maximum atomic E-state index is 14.4. The van der Waals surface area contributed by atoms with Crippen LogP contribution in [-0.2, 0) is 14.8 Å². The summed E-state index contributed by atoms with van der Waals surface area (Å²) in [7, 11) is -4.12. The van der Waals surface area contributed by atoms with Gasteiger partial charge in [-0.1, -0.05) is 30.3 Å². The molecule has 3 rings (SSSR count). The largest absolute Gasteiger partial charge is 0.492 e. The van der Waals surface area contributed by atoms with Crippen LogP contribution in [0, 0.1) is 5.82 Å². The highest BCUT2D eigenvalue weighted by Gasteiger charge is 2.30. The van der Waals surface area contributed by atoms with Crippen molar-refractivity contribution in [1.29, 1.82) is 0 Å². The number of amides is 1. The van der Waals surface area contributed by atoms with Crippen LogP contribution >= 0.6 is 11.3 Å². The Morgan fingerprint density at radius 3 is 2.52 bits per heavy atom. The Labute approximate surface area is 172 Å². The summed E-state index contributed by atoms with van der Waals surface area (Å²) < 4.78 is 46.8. The van der Waals surface area contributed by atoms with Gasteiger partial charge in [-0.05, 0) is 42.6 Å². The van der Waals surface area contributed by atoms with E-state index in [0.717, 1.165) is 21.7 Å². The topological polar surface area (TPSA) is 75.7 Å². The zero-order valence-electron chi connectivity index (χ0n) is 15.5. The molecule has 0 aliphatic carbocycles. The minimum Gasteiger partial charge on any atom is -0.492 e. The average Bonchev–Trinajstić information content (AvgIpc) is 3.24. The van der Waals surface area contributed by atoms with Crippen LogP contribution < -0.4 is 14.4 Å². The second-order valence-corrected chi connectivity index (χ2v) is 8.91. The first-order valence-electron chi connectivity index (χ1n) is 8.76. The molecular weight excluding hydrogens is 415 g/mol. The van der Waals surface area contributed by atoms with Crippen molar-refractivity contribution in [2.45, 2.75) is 11.1 Å². The minimum atomic E-state index is -4.12. The Morgan fingerprint density at radius 1 is 1.10 bits per heavy atom. The number of sulfonamides is 1. The predicted molar refractivity (Wildman–Crippen MR) is 111 cm³/mol. The van der Waals surface area contributed by atoms with Crippen molar-refractivity contribution >= 4 is 38.6 Å². The molecule has 152 valence electrons. The van der Waals surface area contributed by atoms with Crippen LogP contribution in [0.5, 0.6) is 5.75 Å². The van der Waals surface area contributed by atoms with E-state index in [1.165, 1.54) is 24.3 Å². The number of anilines is 2. The van der Waals surface area contributed by atoms with Gasteiger partial charge in [0.1, 0.15) is 22.3 Å². The van der Waals surface area contributed by atoms with E-state index in [-0.39, 0.29) is 9.90 Å². The Balaban J connectivity index is 1.92. The summed E-state index contributed by atoms with van der Waals surface area (Å²) >= 11 is 0.995. The fraction of sp³-hybridized carbons (Fsp3) is 0.150. The molecule has 0 fully saturated rings. The summed E-state index contributed by atoms with van der Waals surface area (Å²) in [5, 5.41) is 4.25. The molecule has 29 heavy (non-hydrogen) atoms. The second-order valence-electron chi connectivity index (χ2n) is 5.87. The molecule has 2 aromatic carbocycles. The summed E-state index contributed by atoms with van der Waals surface area (Å²) in [4.78, 5) is 12.7. The number of carbonyl (C=O) groups excluding carboxylic acids is 1. The van der Waals surface area contributed by atoms with Crippen LogP contribution in [0.15, 0.2) is 70.3 Å². The molecule has 1 aromatic heterocycles. The third-order valence-electron chi connectivity index (χ3n) is 3.91. The maximum absolute atomic E-state index is 14.4. The molecular formula is C20H19FN2O4S2. The van der Waals surface area contributed by atoms with Gasteiger partial charge < -0.3 is 10.1 Å². The first-order valence-corrected chi connectivity index (χ1v) is 11.1. The van der Waals surface area contributed by atoms with Gasteiger partial charge >= 0.3 is 0 Å². The van der Waals surface area contributed by atoms with Crippen LogP contribution in [0.1, 0.15) is 6.92 Å². The van der Waals surface area contributed by atoms with E-state index in [2.05, 4.69) is 5.32 Å². The predicted octanol–water partition coefficient (Wildman–Crippen LogP) is 4.12. The highest BCUT2D eigenvalue weighted by molar-refractivity contribution is 7.94. The van der Waals surface area contributed by atoms with Crippen LogP contribution in [0.4, 0.5) is 15.8 Å². The molecule has 1 amide bonds. The van der Waals surface area contributed by atoms with E-state index in [1.807, 2.05) is 6.92 Å². The van der Waals surface area contributed by atoms with E-state index >= 15 is 0 Å². The quantitative estimate of drug-likeness (QED) is 0.579. The van der Waals surface area contributed by atoms with Gasteiger partial charge in [-0.2, -0.15) is 0 Å². The number of carbonyl (C=O) groups is 1. The van der Waals surface area contributed by atoms with Crippen molar-refractivity contribution in [2.75, 3.05) is 22.8 Å². The molecule has 0 radical (unpaired) electrons. The summed E-state index contributed by atoms with van der Waals surface area (Å²) in [5.74, 6) is -0.905. The van der Waals surface area contributed by atoms with Crippen LogP contribution in [0.25, 0.3) is 0 Å². The molecule has 0 aliphatic heterocycles. The average molecular weight is 435 g/mol. The van der Waals surface area contributed by atoms with Gasteiger partial charge in [0, 0.05) is 0 Å². The van der Waals surface area contributed by atoms with Crippen molar-refractivity contribution < 1.29 is 22.3 Å². The Morgan fingerprint density at radius 2 is 1.83 bits per heavy atom. The molecule has 9 heteroatoms. The van der Waals surface area contributed by atoms with Crippen molar-refractivity contribution in [1.82, 2.24) is 0 Å². The van der Waals surface area contributed by atoms with E-state index in [4.69, 9.17) is 4.74 Å². The van der Waals surface area contributed by atoms with Gasteiger partial charge in [-0.3, -0.25) is 9.10 Å². The molecule has 0 aliphatic rings. The Hall–Kier alpha value is -2.91. The van der Waals surface area contributed by atoms with Gasteiger partial charge in [0.05, 0.1) is 18.0 Å². The van der Waals surface area contributed by atoms with Crippen LogP contribution in [0.3, 0.4) is 0 Å². The number of halogens is 1. The van der Waals surface area contributed by atoms with Crippen LogP contribution in [0.2, 0.25) is 0 Å². The smallest absolute Gasteiger partial charge is 0.274 e. The fourth-order valence-corrected chi connectivity index (χ4v) is 5.18. The number of nitrogens with zero attached hydrogens (tertiary/aromatic N) is 1. The van der Waals surface area contributed by atoms with Crippen LogP contribution in [-0.4, -0.2) is 27.5 Å². The first kappa shape index (κ1) is 20.8. The molecule has 0 saturated carbocycles. The molecule has 0 saturated heterocycles. The van der Waals surface area contributed by atoms with Gasteiger partial charge in [-0.25, -0.2) is 12.8 Å². The third-order valence-corrected chi connectivity index (χ3v) is 7.04. The standard InChI is InChI=1S/C20H19FN2O4S2/c1-2-27-18-11-6-4-9-16(18)22-19(24)14-23(17-10-5-3-8-15(17)21)29(25,26)20-12-7-13-28-20/h3-13H,2,14H2,1H3,(H,22,24). The zero-order chi connectivity index (χ0) is 20.9. The number of ether oxygens (including phenoxy) is 1. The summed E-state index contributed by atoms with van der Waals surface area (Å²) in [5.41, 5.74) is 0.204. The Kier molecular flexibility index (Phi) is 6.50. The summed E-state index contributed by atoms with van der Waals surface area (Å²) in [6.45, 7) is 1.62. The summed E-state index contributed by atoms with van der Waals surface area (Å²) in [6.07, 6.45) is 0. The SMILES string of the molecule is CCOc1ccccc1NC(=O)CN(c1ccccc1F)S(=O)(=O)c1cccs1. The number of para-hydroxylation sites is 3. The molecule has 1 heterocycles. The normalized spacial score (nSPS) is 11.1. The Bertz CT molecular complexity index is 1090. The van der Waals surface area contributed by atoms with E-state index in [1.54, 1.807) is 35.7 Å². The van der Waals surface area contributed by atoms with Crippen molar-refractivity contribution in [3.63, 3.8) is 0 Å². The number of hydrogen-bond acceptors (Lipinski definition) is 5. The highest BCUT2D eigenvalue weighted by Crippen LogP contribution is 2.29. The van der Waals surface area contributed by atoms with Gasteiger partial charge in [0.2, 0.25) is 5.91 Å². The minimum absolute atomic E-state index is 0.0169. The monoisotopic (exact) mass is 434 g/mol. The summed E-state index contributed by atoms with van der Waals surface area (Å²) in [6, 6.07) is 15.2. The van der Waals surface area contributed by atoms with Crippen molar-refractivity contribution in [3.05, 3.63) is 71.9 Å². The lowest BCUT2D eigenvalue weighted by Gasteiger charge is -2.24. The number of hydrogen-bond donors (Lipinski definition) is 1.